The molecule has 0 bridgehead atoms. The van der Waals surface area contributed by atoms with E-state index in [0.29, 0.717) is 0 Å². The minimum Gasteiger partial charge on any atom is -0.447 e. The first-order valence-electron chi connectivity index (χ1n) is 4.92. The quantitative estimate of drug-likeness (QED) is 0.631. The predicted molar refractivity (Wildman–Crippen MR) is 60.7 cm³/mol. The maximum Gasteiger partial charge on any atom is 0.320 e. The van der Waals surface area contributed by atoms with E-state index < -0.39 is 6.92 Å². The molecule has 0 aliphatic carbocycles. The van der Waals surface area contributed by atoms with Crippen molar-refractivity contribution in [3.63, 3.8) is 0 Å². The Morgan fingerprint density at radius 1 is 1.50 bits per heavy atom. The van der Waals surface area contributed by atoms with Crippen LogP contribution in [-0.4, -0.2) is 18.5 Å². The van der Waals surface area contributed by atoms with Crippen LogP contribution in [0.2, 0.25) is 6.82 Å². The molecule has 0 amide bonds. The molecule has 1 aromatic rings. The zero-order chi connectivity index (χ0) is 10.1. The lowest BCUT2D eigenvalue weighted by molar-refractivity contribution is 0.594. The second-order valence-corrected chi connectivity index (χ2v) is 3.75. The standard InChI is InChI=1S/C11H14BNO/c1-8-11-7-10(12(2)14)4-3-9(11)5-6-13-8/h3-4,7,13-14H,1,5-6H2,2H3. The highest BCUT2D eigenvalue weighted by molar-refractivity contribution is 6.64. The average molecular weight is 187 g/mol. The Morgan fingerprint density at radius 2 is 2.29 bits per heavy atom. The van der Waals surface area contributed by atoms with Gasteiger partial charge in [-0.15, -0.1) is 0 Å². The zero-order valence-electron chi connectivity index (χ0n) is 8.38. The van der Waals surface area contributed by atoms with Gasteiger partial charge < -0.3 is 10.3 Å². The van der Waals surface area contributed by atoms with Gasteiger partial charge >= 0.3 is 6.92 Å². The van der Waals surface area contributed by atoms with Gasteiger partial charge in [0.2, 0.25) is 0 Å². The number of benzene rings is 1. The maximum absolute atomic E-state index is 9.46. The Bertz CT molecular complexity index is 374. The van der Waals surface area contributed by atoms with Crippen molar-refractivity contribution in [1.29, 1.82) is 0 Å². The highest BCUT2D eigenvalue weighted by Gasteiger charge is 2.14. The molecule has 0 fully saturated rings. The van der Waals surface area contributed by atoms with Crippen LogP contribution in [0.5, 0.6) is 0 Å². The first-order valence-corrected chi connectivity index (χ1v) is 4.92. The molecule has 0 radical (unpaired) electrons. The van der Waals surface area contributed by atoms with Crippen molar-refractivity contribution in [2.75, 3.05) is 6.54 Å². The van der Waals surface area contributed by atoms with Gasteiger partial charge in [-0.2, -0.15) is 0 Å². The van der Waals surface area contributed by atoms with E-state index in [4.69, 9.17) is 0 Å². The summed E-state index contributed by atoms with van der Waals surface area (Å²) in [5, 5.41) is 12.7. The Kier molecular flexibility index (Phi) is 2.34. The Balaban J connectivity index is 2.46. The smallest absolute Gasteiger partial charge is 0.320 e. The largest absolute Gasteiger partial charge is 0.447 e. The molecule has 1 heterocycles. The van der Waals surface area contributed by atoms with Crippen LogP contribution in [-0.2, 0) is 6.42 Å². The molecule has 0 saturated heterocycles. The molecule has 72 valence electrons. The van der Waals surface area contributed by atoms with E-state index in [1.165, 1.54) is 5.56 Å². The Morgan fingerprint density at radius 3 is 3.00 bits per heavy atom. The number of nitrogens with one attached hydrogen (secondary N) is 1. The van der Waals surface area contributed by atoms with Crippen molar-refractivity contribution in [3.05, 3.63) is 35.9 Å². The van der Waals surface area contributed by atoms with Gasteiger partial charge in [0.25, 0.3) is 0 Å². The van der Waals surface area contributed by atoms with Crippen LogP contribution >= 0.6 is 0 Å². The molecule has 1 aromatic carbocycles. The van der Waals surface area contributed by atoms with Gasteiger partial charge in [0.1, 0.15) is 0 Å². The van der Waals surface area contributed by atoms with Crippen molar-refractivity contribution in [2.24, 2.45) is 0 Å². The minimum absolute atomic E-state index is 0.407. The molecule has 2 rings (SSSR count). The first-order chi connectivity index (χ1) is 6.68. The summed E-state index contributed by atoms with van der Waals surface area (Å²) in [6.07, 6.45) is 1.04. The second-order valence-electron chi connectivity index (χ2n) is 3.75. The SMILES string of the molecule is C=C1NCCc2ccc(B(C)O)cc21. The average Bonchev–Trinajstić information content (AvgIpc) is 2.18. The summed E-state index contributed by atoms with van der Waals surface area (Å²) in [6.45, 7) is 6.29. The van der Waals surface area contributed by atoms with Crippen LogP contribution in [0.4, 0.5) is 0 Å². The predicted octanol–water partition coefficient (Wildman–Crippen LogP) is 0.624. The lowest BCUT2D eigenvalue weighted by atomic mass is 9.63. The molecule has 14 heavy (non-hydrogen) atoms. The Hall–Kier alpha value is -1.22. The van der Waals surface area contributed by atoms with E-state index >= 15 is 0 Å². The summed E-state index contributed by atoms with van der Waals surface area (Å²) in [4.78, 5) is 0. The van der Waals surface area contributed by atoms with Crippen LogP contribution in [0.15, 0.2) is 24.8 Å². The topological polar surface area (TPSA) is 32.3 Å². The number of hydrogen-bond donors (Lipinski definition) is 2. The molecule has 0 atom stereocenters. The molecule has 0 aromatic heterocycles. The molecule has 0 saturated carbocycles. The molecular weight excluding hydrogens is 173 g/mol. The fourth-order valence-corrected chi connectivity index (χ4v) is 1.80. The molecule has 0 spiro atoms. The summed E-state index contributed by atoms with van der Waals surface area (Å²) in [6, 6.07) is 6.10. The Labute approximate surface area is 84.8 Å². The summed E-state index contributed by atoms with van der Waals surface area (Å²) in [7, 11) is 0. The number of hydrogen-bond acceptors (Lipinski definition) is 2. The van der Waals surface area contributed by atoms with Crippen molar-refractivity contribution in [3.8, 4) is 0 Å². The van der Waals surface area contributed by atoms with Gasteiger partial charge in [-0.3, -0.25) is 0 Å². The van der Waals surface area contributed by atoms with Crippen LogP contribution in [0.25, 0.3) is 5.70 Å². The number of rotatable bonds is 1. The van der Waals surface area contributed by atoms with Crippen LogP contribution in [0.3, 0.4) is 0 Å². The van der Waals surface area contributed by atoms with Crippen LogP contribution in [0, 0.1) is 0 Å². The van der Waals surface area contributed by atoms with Crippen molar-refractivity contribution in [2.45, 2.75) is 13.2 Å². The van der Waals surface area contributed by atoms with Gasteiger partial charge in [-0.25, -0.2) is 0 Å². The normalized spacial score (nSPS) is 14.6. The fraction of sp³-hybridized carbons (Fsp3) is 0.273. The third-order valence-electron chi connectivity index (χ3n) is 2.67. The summed E-state index contributed by atoms with van der Waals surface area (Å²) in [5.74, 6) is 0. The second kappa shape index (κ2) is 3.50. The van der Waals surface area contributed by atoms with Crippen LogP contribution < -0.4 is 10.8 Å². The van der Waals surface area contributed by atoms with E-state index in [9.17, 15) is 5.02 Å². The minimum atomic E-state index is -0.407. The molecule has 3 heteroatoms. The number of fused-ring (bicyclic) bond motifs is 1. The van der Waals surface area contributed by atoms with E-state index in [1.807, 2.05) is 12.1 Å². The lowest BCUT2D eigenvalue weighted by Gasteiger charge is -2.21. The molecule has 1 aliphatic rings. The molecule has 1 aliphatic heterocycles. The van der Waals surface area contributed by atoms with Gasteiger partial charge in [0.05, 0.1) is 0 Å². The van der Waals surface area contributed by atoms with Gasteiger partial charge in [0.15, 0.2) is 0 Å². The summed E-state index contributed by atoms with van der Waals surface area (Å²) < 4.78 is 0. The molecule has 2 N–H and O–H groups in total. The van der Waals surface area contributed by atoms with Crippen LogP contribution in [0.1, 0.15) is 11.1 Å². The maximum atomic E-state index is 9.46. The fourth-order valence-electron chi connectivity index (χ4n) is 1.80. The van der Waals surface area contributed by atoms with Crippen molar-refractivity contribution < 1.29 is 5.02 Å². The van der Waals surface area contributed by atoms with E-state index in [1.54, 1.807) is 6.82 Å². The first kappa shape index (κ1) is 9.34. The summed E-state index contributed by atoms with van der Waals surface area (Å²) >= 11 is 0. The third kappa shape index (κ3) is 1.55. The summed E-state index contributed by atoms with van der Waals surface area (Å²) in [5.41, 5.74) is 4.38. The zero-order valence-corrected chi connectivity index (χ0v) is 8.38. The van der Waals surface area contributed by atoms with Gasteiger partial charge in [-0.05, 0) is 23.0 Å². The van der Waals surface area contributed by atoms with Crippen molar-refractivity contribution in [1.82, 2.24) is 5.32 Å². The lowest BCUT2D eigenvalue weighted by Crippen LogP contribution is -2.29. The third-order valence-corrected chi connectivity index (χ3v) is 2.67. The van der Waals surface area contributed by atoms with E-state index in [2.05, 4.69) is 18.0 Å². The molecule has 0 unspecified atom stereocenters. The highest BCUT2D eigenvalue weighted by atomic mass is 16.2. The van der Waals surface area contributed by atoms with E-state index in [0.717, 1.165) is 29.7 Å². The highest BCUT2D eigenvalue weighted by Crippen LogP contribution is 2.19. The molecular formula is C11H14BNO. The van der Waals surface area contributed by atoms with Gasteiger partial charge in [-0.1, -0.05) is 31.6 Å². The monoisotopic (exact) mass is 187 g/mol. The van der Waals surface area contributed by atoms with Gasteiger partial charge in [0, 0.05) is 12.2 Å². The van der Waals surface area contributed by atoms with Crippen molar-refractivity contribution >= 4 is 18.1 Å². The van der Waals surface area contributed by atoms with E-state index in [-0.39, 0.29) is 0 Å². The molecule has 2 nitrogen and oxygen atoms in total.